The molecular weight excluding hydrogens is 411 g/mol. The van der Waals surface area contributed by atoms with Crippen LogP contribution in [0, 0.1) is 11.3 Å². The maximum atomic E-state index is 8.68. The minimum absolute atomic E-state index is 0.0173. The first-order chi connectivity index (χ1) is 14.1. The van der Waals surface area contributed by atoms with Crippen molar-refractivity contribution in [3.63, 3.8) is 0 Å². The van der Waals surface area contributed by atoms with Crippen LogP contribution in [0.15, 0.2) is 48.5 Å². The molecule has 148 valence electrons. The van der Waals surface area contributed by atoms with Gasteiger partial charge in [0, 0.05) is 28.2 Å². The van der Waals surface area contributed by atoms with Gasteiger partial charge < -0.3 is 14.8 Å². The van der Waals surface area contributed by atoms with E-state index in [9.17, 15) is 0 Å². The van der Waals surface area contributed by atoms with Gasteiger partial charge in [-0.2, -0.15) is 15.2 Å². The highest BCUT2D eigenvalue weighted by Gasteiger charge is 2.09. The van der Waals surface area contributed by atoms with E-state index in [4.69, 9.17) is 37.9 Å². The van der Waals surface area contributed by atoms with Gasteiger partial charge in [0.2, 0.25) is 0 Å². The number of nitriles is 1. The summed E-state index contributed by atoms with van der Waals surface area (Å²) in [5.41, 5.74) is 2.49. The lowest BCUT2D eigenvalue weighted by Crippen LogP contribution is -2.08. The molecule has 0 aliphatic rings. The van der Waals surface area contributed by atoms with Crippen LogP contribution in [-0.4, -0.2) is 30.2 Å². The number of nitrogens with one attached hydrogen (secondary N) is 1. The molecule has 0 saturated heterocycles. The van der Waals surface area contributed by atoms with Crippen LogP contribution >= 0.6 is 23.2 Å². The average Bonchev–Trinajstić information content (AvgIpc) is 2.73. The van der Waals surface area contributed by atoms with E-state index >= 15 is 0 Å². The molecule has 1 N–H and O–H groups in total. The Morgan fingerprint density at radius 3 is 2.72 bits per heavy atom. The fourth-order valence-electron chi connectivity index (χ4n) is 2.67. The van der Waals surface area contributed by atoms with E-state index in [-0.39, 0.29) is 12.6 Å². The predicted molar refractivity (Wildman–Crippen MR) is 114 cm³/mol. The highest BCUT2D eigenvalue weighted by Crippen LogP contribution is 2.26. The zero-order valence-electron chi connectivity index (χ0n) is 15.7. The van der Waals surface area contributed by atoms with Crippen LogP contribution in [0.5, 0.6) is 11.8 Å². The Labute approximate surface area is 179 Å². The minimum atomic E-state index is -0.0173. The number of nitrogens with zero attached hydrogens (tertiary/aromatic N) is 3. The first-order valence-electron chi connectivity index (χ1n) is 8.80. The molecular formula is C21H18Cl2N4O2. The number of methoxy groups -OCH3 is 1. The molecule has 3 rings (SSSR count). The monoisotopic (exact) mass is 428 g/mol. The summed E-state index contributed by atoms with van der Waals surface area (Å²) in [6, 6.07) is 16.8. The molecule has 0 bridgehead atoms. The molecule has 0 aliphatic carbocycles. The quantitative estimate of drug-likeness (QED) is 0.542. The highest BCUT2D eigenvalue weighted by atomic mass is 35.5. The summed E-state index contributed by atoms with van der Waals surface area (Å²) in [5, 5.41) is 13.2. The molecule has 0 unspecified atom stereocenters. The Morgan fingerprint density at radius 1 is 1.10 bits per heavy atom. The van der Waals surface area contributed by atoms with Gasteiger partial charge in [0.1, 0.15) is 17.6 Å². The lowest BCUT2D eigenvalue weighted by molar-refractivity contribution is 0.368. The van der Waals surface area contributed by atoms with Crippen molar-refractivity contribution >= 4 is 29.0 Å². The van der Waals surface area contributed by atoms with Gasteiger partial charge in [0.15, 0.2) is 6.61 Å². The second kappa shape index (κ2) is 9.97. The SMILES string of the molecule is COc1nc(NCCc2ccc(Cl)cc2Cl)cc(-c2cccc(OCC#N)c2)n1. The number of aromatic nitrogens is 2. The van der Waals surface area contributed by atoms with Crippen molar-refractivity contribution in [3.05, 3.63) is 64.1 Å². The molecule has 2 aromatic carbocycles. The summed E-state index contributed by atoms with van der Waals surface area (Å²) in [6.45, 7) is 0.600. The fourth-order valence-corrected chi connectivity index (χ4v) is 3.17. The molecule has 8 heteroatoms. The van der Waals surface area contributed by atoms with Gasteiger partial charge in [0.25, 0.3) is 0 Å². The summed E-state index contributed by atoms with van der Waals surface area (Å²) in [6.07, 6.45) is 0.704. The Balaban J connectivity index is 1.76. The Kier molecular flexibility index (Phi) is 7.12. The molecule has 6 nitrogen and oxygen atoms in total. The van der Waals surface area contributed by atoms with Gasteiger partial charge in [-0.15, -0.1) is 0 Å². The van der Waals surface area contributed by atoms with Crippen LogP contribution < -0.4 is 14.8 Å². The molecule has 0 fully saturated rings. The first-order valence-corrected chi connectivity index (χ1v) is 9.55. The topological polar surface area (TPSA) is 80.1 Å². The van der Waals surface area contributed by atoms with E-state index in [1.165, 1.54) is 7.11 Å². The zero-order chi connectivity index (χ0) is 20.6. The molecule has 0 atom stereocenters. The van der Waals surface area contributed by atoms with E-state index in [2.05, 4.69) is 15.3 Å². The number of halogens is 2. The van der Waals surface area contributed by atoms with Crippen molar-refractivity contribution in [2.75, 3.05) is 25.6 Å². The molecule has 3 aromatic rings. The van der Waals surface area contributed by atoms with Crippen molar-refractivity contribution in [2.24, 2.45) is 0 Å². The Hall–Kier alpha value is -3.01. The number of hydrogen-bond acceptors (Lipinski definition) is 6. The van der Waals surface area contributed by atoms with Crippen molar-refractivity contribution in [2.45, 2.75) is 6.42 Å². The highest BCUT2D eigenvalue weighted by molar-refractivity contribution is 6.35. The maximum Gasteiger partial charge on any atom is 0.318 e. The van der Waals surface area contributed by atoms with Gasteiger partial charge in [-0.25, -0.2) is 0 Å². The van der Waals surface area contributed by atoms with Crippen LogP contribution in [0.25, 0.3) is 11.3 Å². The number of rotatable bonds is 8. The van der Waals surface area contributed by atoms with E-state index in [0.29, 0.717) is 40.3 Å². The predicted octanol–water partition coefficient (Wildman–Crippen LogP) is 5.02. The van der Waals surface area contributed by atoms with Crippen molar-refractivity contribution < 1.29 is 9.47 Å². The van der Waals surface area contributed by atoms with Gasteiger partial charge >= 0.3 is 6.01 Å². The summed E-state index contributed by atoms with van der Waals surface area (Å²) in [5.74, 6) is 1.22. The summed E-state index contributed by atoms with van der Waals surface area (Å²) < 4.78 is 10.6. The minimum Gasteiger partial charge on any atom is -0.479 e. The second-order valence-electron chi connectivity index (χ2n) is 6.01. The number of ether oxygens (including phenoxy) is 2. The Bertz CT molecular complexity index is 1040. The molecule has 1 aromatic heterocycles. The molecule has 29 heavy (non-hydrogen) atoms. The molecule has 0 amide bonds. The van der Waals surface area contributed by atoms with E-state index in [0.717, 1.165) is 11.1 Å². The van der Waals surface area contributed by atoms with Gasteiger partial charge in [-0.1, -0.05) is 41.4 Å². The second-order valence-corrected chi connectivity index (χ2v) is 6.86. The smallest absolute Gasteiger partial charge is 0.318 e. The van der Waals surface area contributed by atoms with Gasteiger partial charge in [-0.05, 0) is 36.2 Å². The van der Waals surface area contributed by atoms with Crippen molar-refractivity contribution in [1.82, 2.24) is 9.97 Å². The van der Waals surface area contributed by atoms with Crippen LogP contribution in [0.3, 0.4) is 0 Å². The van der Waals surface area contributed by atoms with Gasteiger partial charge in [-0.3, -0.25) is 0 Å². The molecule has 0 spiro atoms. The number of anilines is 1. The lowest BCUT2D eigenvalue weighted by Gasteiger charge is -2.11. The lowest BCUT2D eigenvalue weighted by atomic mass is 10.1. The third-order valence-corrected chi connectivity index (χ3v) is 4.62. The number of benzene rings is 2. The van der Waals surface area contributed by atoms with Crippen LogP contribution in [0.1, 0.15) is 5.56 Å². The van der Waals surface area contributed by atoms with Crippen molar-refractivity contribution in [1.29, 1.82) is 5.26 Å². The molecule has 0 aliphatic heterocycles. The van der Waals surface area contributed by atoms with E-state index in [1.807, 2.05) is 42.5 Å². The molecule has 1 heterocycles. The van der Waals surface area contributed by atoms with E-state index in [1.54, 1.807) is 12.1 Å². The Morgan fingerprint density at radius 2 is 1.97 bits per heavy atom. The van der Waals surface area contributed by atoms with Crippen LogP contribution in [0.4, 0.5) is 5.82 Å². The van der Waals surface area contributed by atoms with Crippen LogP contribution in [0.2, 0.25) is 10.0 Å². The normalized spacial score (nSPS) is 10.3. The summed E-state index contributed by atoms with van der Waals surface area (Å²) in [7, 11) is 1.52. The van der Waals surface area contributed by atoms with Crippen LogP contribution in [-0.2, 0) is 6.42 Å². The zero-order valence-corrected chi connectivity index (χ0v) is 17.2. The summed E-state index contributed by atoms with van der Waals surface area (Å²) >= 11 is 12.2. The summed E-state index contributed by atoms with van der Waals surface area (Å²) in [4.78, 5) is 8.75. The average molecular weight is 429 g/mol. The first kappa shape index (κ1) is 20.7. The van der Waals surface area contributed by atoms with Gasteiger partial charge in [0.05, 0.1) is 12.8 Å². The third-order valence-electron chi connectivity index (χ3n) is 4.04. The molecule has 0 saturated carbocycles. The van der Waals surface area contributed by atoms with Crippen molar-refractivity contribution in [3.8, 4) is 29.1 Å². The molecule has 0 radical (unpaired) electrons. The third kappa shape index (κ3) is 5.74. The largest absolute Gasteiger partial charge is 0.479 e. The number of hydrogen-bond donors (Lipinski definition) is 1. The fraction of sp³-hybridized carbons (Fsp3) is 0.190. The maximum absolute atomic E-state index is 8.68. The standard InChI is InChI=1S/C21H18Cl2N4O2/c1-28-21-26-19(15-3-2-4-17(11-15)29-10-8-24)13-20(27-21)25-9-7-14-5-6-16(22)12-18(14)23/h2-6,11-13H,7,9-10H2,1H3,(H,25,26,27). The van der Waals surface area contributed by atoms with E-state index < -0.39 is 0 Å².